The molecule has 0 aromatic carbocycles. The third-order valence-corrected chi connectivity index (χ3v) is 8.37. The first-order chi connectivity index (χ1) is 17.7. The predicted molar refractivity (Wildman–Crippen MR) is 127 cm³/mol. The van der Waals surface area contributed by atoms with Crippen LogP contribution in [0.4, 0.5) is 0 Å². The van der Waals surface area contributed by atoms with Crippen LogP contribution >= 0.6 is 0 Å². The molecule has 5 saturated heterocycles. The van der Waals surface area contributed by atoms with E-state index in [0.29, 0.717) is 45.6 Å². The van der Waals surface area contributed by atoms with Crippen LogP contribution in [0.15, 0.2) is 0 Å². The summed E-state index contributed by atoms with van der Waals surface area (Å²) in [6, 6.07) is -1.60. The van der Waals surface area contributed by atoms with Crippen LogP contribution < -0.4 is 10.6 Å². The third kappa shape index (κ3) is 5.32. The van der Waals surface area contributed by atoms with Crippen LogP contribution in [-0.2, 0) is 28.7 Å². The molecule has 6 bridgehead atoms. The molecule has 0 aromatic rings. The van der Waals surface area contributed by atoms with Gasteiger partial charge in [0.1, 0.15) is 24.4 Å². The van der Waals surface area contributed by atoms with E-state index in [-0.39, 0.29) is 55.7 Å². The molecule has 0 aliphatic carbocycles. The van der Waals surface area contributed by atoms with Crippen molar-refractivity contribution in [1.29, 1.82) is 0 Å². The molecule has 5 heterocycles. The third-order valence-electron chi connectivity index (χ3n) is 8.37. The van der Waals surface area contributed by atoms with Crippen LogP contribution in [0.25, 0.3) is 0 Å². The second kappa shape index (κ2) is 10.8. The van der Waals surface area contributed by atoms with Crippen molar-refractivity contribution in [1.82, 2.24) is 25.3 Å². The SMILES string of the molecule is CN1C[C@@H]2C[C@H]1C(=O)N1CCN(C(=O)C3CCOCC3)[C@@H](C1)C(=O)NC[C@H]1O[C@@H](CC(=O)N2)[C@H](O)[C@@H]1O. The Morgan fingerprint density at radius 1 is 1.00 bits per heavy atom. The Morgan fingerprint density at radius 3 is 2.49 bits per heavy atom. The Balaban J connectivity index is 1.39. The van der Waals surface area contributed by atoms with Gasteiger partial charge in [0.25, 0.3) is 0 Å². The van der Waals surface area contributed by atoms with Crippen molar-refractivity contribution in [3.8, 4) is 0 Å². The van der Waals surface area contributed by atoms with E-state index in [9.17, 15) is 29.4 Å². The molecular formula is C24H37N5O8. The fourth-order valence-electron chi connectivity index (χ4n) is 6.21. The Hall–Kier alpha value is -2.32. The van der Waals surface area contributed by atoms with E-state index in [1.165, 1.54) is 0 Å². The topological polar surface area (TPSA) is 161 Å². The number of hydrogen-bond donors (Lipinski definition) is 4. The zero-order valence-electron chi connectivity index (χ0n) is 21.1. The highest BCUT2D eigenvalue weighted by Crippen LogP contribution is 2.26. The van der Waals surface area contributed by atoms with Crippen LogP contribution in [0.3, 0.4) is 0 Å². The first-order valence-corrected chi connectivity index (χ1v) is 13.2. The number of nitrogens with zero attached hydrogens (tertiary/aromatic N) is 3. The highest BCUT2D eigenvalue weighted by molar-refractivity contribution is 5.90. The van der Waals surface area contributed by atoms with Gasteiger partial charge in [-0.25, -0.2) is 0 Å². The molecule has 13 heteroatoms. The number of likely N-dealkylation sites (tertiary alicyclic amines) is 1. The average Bonchev–Trinajstić information content (AvgIpc) is 3.39. The van der Waals surface area contributed by atoms with Crippen LogP contribution in [-0.4, -0.2) is 144 Å². The second-order valence-corrected chi connectivity index (χ2v) is 10.8. The van der Waals surface area contributed by atoms with Gasteiger partial charge >= 0.3 is 0 Å². The molecule has 206 valence electrons. The van der Waals surface area contributed by atoms with E-state index >= 15 is 0 Å². The fourth-order valence-corrected chi connectivity index (χ4v) is 6.21. The minimum absolute atomic E-state index is 0.0559. The molecule has 4 N–H and O–H groups in total. The van der Waals surface area contributed by atoms with Gasteiger partial charge < -0.3 is 40.1 Å². The van der Waals surface area contributed by atoms with Gasteiger partial charge in [-0.1, -0.05) is 0 Å². The molecular weight excluding hydrogens is 486 g/mol. The summed E-state index contributed by atoms with van der Waals surface area (Å²) in [7, 11) is 1.82. The Labute approximate surface area is 215 Å². The standard InChI is InChI=1S/C24H37N5O8/c1-27-11-14-8-15(27)24(35)28-4-5-29(23(34)13-2-6-36-7-3-13)16(12-28)22(33)25-10-18-21(32)20(31)17(37-18)9-19(30)26-14/h13-18,20-21,31-32H,2-12H2,1H3,(H,25,33)(H,26,30)/t14-,15-,16-,17-,18+,20-,21+/m0/s1. The van der Waals surface area contributed by atoms with Crippen molar-refractivity contribution in [2.45, 2.75) is 68.2 Å². The number of nitrogens with one attached hydrogen (secondary N) is 2. The van der Waals surface area contributed by atoms with Gasteiger partial charge in [0, 0.05) is 51.4 Å². The molecule has 7 atom stereocenters. The maximum Gasteiger partial charge on any atom is 0.244 e. The first kappa shape index (κ1) is 26.3. The molecule has 5 rings (SSSR count). The number of aliphatic hydroxyl groups excluding tert-OH is 2. The van der Waals surface area contributed by atoms with Gasteiger partial charge in [-0.15, -0.1) is 0 Å². The van der Waals surface area contributed by atoms with Crippen LogP contribution in [0.5, 0.6) is 0 Å². The molecule has 5 aliphatic rings. The number of carbonyl (C=O) groups excluding carboxylic acids is 4. The van der Waals surface area contributed by atoms with Crippen LogP contribution in [0.1, 0.15) is 25.7 Å². The van der Waals surface area contributed by atoms with Gasteiger partial charge in [-0.05, 0) is 26.3 Å². The van der Waals surface area contributed by atoms with Crippen molar-refractivity contribution >= 4 is 23.6 Å². The van der Waals surface area contributed by atoms with Crippen molar-refractivity contribution in [2.75, 3.05) is 53.0 Å². The van der Waals surface area contributed by atoms with Crippen molar-refractivity contribution < 1.29 is 38.9 Å². The molecule has 0 radical (unpaired) electrons. The van der Waals surface area contributed by atoms with E-state index in [1.807, 2.05) is 11.9 Å². The zero-order valence-corrected chi connectivity index (χ0v) is 21.1. The molecule has 4 amide bonds. The summed E-state index contributed by atoms with van der Waals surface area (Å²) in [6.07, 6.45) is -2.93. The van der Waals surface area contributed by atoms with E-state index < -0.39 is 42.4 Å². The van der Waals surface area contributed by atoms with Gasteiger partial charge in [0.05, 0.1) is 25.1 Å². The quantitative estimate of drug-likeness (QED) is 0.275. The highest BCUT2D eigenvalue weighted by Gasteiger charge is 2.46. The zero-order chi connectivity index (χ0) is 26.3. The number of fused-ring (bicyclic) bond motifs is 6. The molecule has 5 fully saturated rings. The van der Waals surface area contributed by atoms with Crippen LogP contribution in [0, 0.1) is 5.92 Å². The Kier molecular flexibility index (Phi) is 7.68. The summed E-state index contributed by atoms with van der Waals surface area (Å²) >= 11 is 0. The maximum atomic E-state index is 13.5. The second-order valence-electron chi connectivity index (χ2n) is 10.8. The highest BCUT2D eigenvalue weighted by atomic mass is 16.5. The van der Waals surface area contributed by atoms with Crippen molar-refractivity contribution in [3.05, 3.63) is 0 Å². The number of aliphatic hydroxyl groups is 2. The van der Waals surface area contributed by atoms with Gasteiger partial charge in [0.2, 0.25) is 23.6 Å². The summed E-state index contributed by atoms with van der Waals surface area (Å²) in [6.45, 7) is 1.98. The number of rotatable bonds is 1. The van der Waals surface area contributed by atoms with E-state index in [0.717, 1.165) is 0 Å². The molecule has 0 unspecified atom stereocenters. The number of likely N-dealkylation sites (N-methyl/N-ethyl adjacent to an activating group) is 1. The van der Waals surface area contributed by atoms with Gasteiger partial charge in [-0.3, -0.25) is 24.1 Å². The molecule has 5 aliphatic heterocycles. The smallest absolute Gasteiger partial charge is 0.244 e. The monoisotopic (exact) mass is 523 g/mol. The van der Waals surface area contributed by atoms with Crippen molar-refractivity contribution in [2.24, 2.45) is 5.92 Å². The van der Waals surface area contributed by atoms with Crippen LogP contribution in [0.2, 0.25) is 0 Å². The number of carbonyl (C=O) groups is 4. The molecule has 0 aromatic heterocycles. The lowest BCUT2D eigenvalue weighted by Gasteiger charge is -2.43. The largest absolute Gasteiger partial charge is 0.388 e. The Bertz CT molecular complexity index is 914. The summed E-state index contributed by atoms with van der Waals surface area (Å²) in [5, 5.41) is 26.6. The number of piperazine rings is 1. The van der Waals surface area contributed by atoms with Crippen molar-refractivity contribution in [3.63, 3.8) is 0 Å². The fraction of sp³-hybridized carbons (Fsp3) is 0.833. The summed E-state index contributed by atoms with van der Waals surface area (Å²) in [4.78, 5) is 58.1. The normalized spacial score (nSPS) is 38.5. The lowest BCUT2D eigenvalue weighted by molar-refractivity contribution is -0.154. The average molecular weight is 524 g/mol. The summed E-state index contributed by atoms with van der Waals surface area (Å²) in [5.74, 6) is -1.26. The maximum absolute atomic E-state index is 13.5. The van der Waals surface area contributed by atoms with Gasteiger partial charge in [-0.2, -0.15) is 0 Å². The molecule has 13 nitrogen and oxygen atoms in total. The predicted octanol–water partition coefficient (Wildman–Crippen LogP) is -3.35. The number of hydrogen-bond acceptors (Lipinski definition) is 9. The molecule has 0 spiro atoms. The lowest BCUT2D eigenvalue weighted by Crippen LogP contribution is -2.64. The lowest BCUT2D eigenvalue weighted by atomic mass is 9.96. The minimum atomic E-state index is -1.28. The number of amides is 4. The van der Waals surface area contributed by atoms with E-state index in [1.54, 1.807) is 9.80 Å². The number of ether oxygens (including phenoxy) is 2. The first-order valence-electron chi connectivity index (χ1n) is 13.2. The summed E-state index contributed by atoms with van der Waals surface area (Å²) < 4.78 is 11.1. The Morgan fingerprint density at radius 2 is 1.73 bits per heavy atom. The molecule has 0 saturated carbocycles. The molecule has 37 heavy (non-hydrogen) atoms. The minimum Gasteiger partial charge on any atom is -0.388 e. The van der Waals surface area contributed by atoms with Gasteiger partial charge in [0.15, 0.2) is 0 Å². The summed E-state index contributed by atoms with van der Waals surface area (Å²) in [5.41, 5.74) is 0. The van der Waals surface area contributed by atoms with E-state index in [4.69, 9.17) is 9.47 Å². The van der Waals surface area contributed by atoms with E-state index in [2.05, 4.69) is 10.6 Å².